The maximum absolute atomic E-state index is 13.7. The van der Waals surface area contributed by atoms with Gasteiger partial charge in [-0.3, -0.25) is 10.1 Å². The molecule has 0 bridgehead atoms. The number of hydrogen-bond donors (Lipinski definition) is 2. The molecule has 1 saturated carbocycles. The molecule has 4 aromatic rings. The molecule has 36 heavy (non-hydrogen) atoms. The standard InChI is InChI=1S/C26H28FN7S.CH4.2H2/c1-15-3-4-18-11-21(7-8-22(18)28-15)35-26-30-23(29-24-9-16(2)32-33-24)12-25(31-26)34-13-19(14-34)17-5-6-20(27)10-17;;;/h3-4,7-9,11-12,17,19-20H,5-6,10,13-14H2,1-2H3,(H2,29,30,31,32,33);1H4;2*1H. The molecular formula is C27H36FN7S. The second-order valence-corrected chi connectivity index (χ2v) is 10.7. The van der Waals surface area contributed by atoms with Crippen molar-refractivity contribution in [1.29, 1.82) is 0 Å². The molecular weight excluding hydrogens is 473 g/mol. The Hall–Kier alpha value is -3.20. The van der Waals surface area contributed by atoms with E-state index in [0.717, 1.165) is 58.3 Å². The lowest BCUT2D eigenvalue weighted by atomic mass is 9.84. The van der Waals surface area contributed by atoms with Gasteiger partial charge in [-0.15, -0.1) is 0 Å². The van der Waals surface area contributed by atoms with Gasteiger partial charge >= 0.3 is 0 Å². The molecule has 6 rings (SSSR count). The fraction of sp³-hybridized carbons (Fsp3) is 0.407. The monoisotopic (exact) mass is 509 g/mol. The maximum Gasteiger partial charge on any atom is 0.196 e. The summed E-state index contributed by atoms with van der Waals surface area (Å²) in [7, 11) is 0. The van der Waals surface area contributed by atoms with E-state index >= 15 is 0 Å². The van der Waals surface area contributed by atoms with E-state index in [9.17, 15) is 4.39 Å². The van der Waals surface area contributed by atoms with Gasteiger partial charge in [0.1, 0.15) is 17.8 Å². The lowest BCUT2D eigenvalue weighted by Gasteiger charge is -2.43. The Kier molecular flexibility index (Phi) is 6.83. The normalized spacial score (nSPS) is 19.8. The number of nitrogens with one attached hydrogen (secondary N) is 2. The average molecular weight is 510 g/mol. The van der Waals surface area contributed by atoms with Crippen LogP contribution in [0.2, 0.25) is 0 Å². The summed E-state index contributed by atoms with van der Waals surface area (Å²) in [6.07, 6.45) is 1.82. The lowest BCUT2D eigenvalue weighted by Crippen LogP contribution is -2.50. The Morgan fingerprint density at radius 1 is 1.00 bits per heavy atom. The highest BCUT2D eigenvalue weighted by Crippen LogP contribution is 2.40. The Morgan fingerprint density at radius 2 is 1.86 bits per heavy atom. The molecule has 1 aliphatic heterocycles. The van der Waals surface area contributed by atoms with Gasteiger partial charge in [0.15, 0.2) is 11.0 Å². The minimum absolute atomic E-state index is 0. The fourth-order valence-electron chi connectivity index (χ4n) is 5.06. The van der Waals surface area contributed by atoms with E-state index in [1.165, 1.54) is 11.8 Å². The molecule has 9 heteroatoms. The van der Waals surface area contributed by atoms with Crippen LogP contribution in [0.4, 0.5) is 21.8 Å². The van der Waals surface area contributed by atoms with Crippen molar-refractivity contribution in [2.75, 3.05) is 23.3 Å². The van der Waals surface area contributed by atoms with Crippen LogP contribution in [0.25, 0.3) is 10.9 Å². The van der Waals surface area contributed by atoms with Gasteiger partial charge in [-0.2, -0.15) is 5.10 Å². The zero-order valence-electron chi connectivity index (χ0n) is 19.8. The summed E-state index contributed by atoms with van der Waals surface area (Å²) < 4.78 is 13.7. The fourth-order valence-corrected chi connectivity index (χ4v) is 5.87. The van der Waals surface area contributed by atoms with Gasteiger partial charge < -0.3 is 10.2 Å². The van der Waals surface area contributed by atoms with Crippen molar-refractivity contribution >= 4 is 40.1 Å². The van der Waals surface area contributed by atoms with Crippen LogP contribution in [0.5, 0.6) is 0 Å². The summed E-state index contributed by atoms with van der Waals surface area (Å²) in [5.41, 5.74) is 2.96. The largest absolute Gasteiger partial charge is 0.356 e. The highest BCUT2D eigenvalue weighted by atomic mass is 32.2. The molecule has 0 amide bonds. The maximum atomic E-state index is 13.7. The first kappa shape index (κ1) is 24.5. The van der Waals surface area contributed by atoms with E-state index in [-0.39, 0.29) is 10.3 Å². The number of fused-ring (bicyclic) bond motifs is 1. The second kappa shape index (κ2) is 10.0. The number of benzene rings is 1. The number of aromatic amines is 1. The number of alkyl halides is 1. The summed E-state index contributed by atoms with van der Waals surface area (Å²) in [6.45, 7) is 5.80. The number of H-pyrrole nitrogens is 1. The van der Waals surface area contributed by atoms with Crippen LogP contribution in [-0.4, -0.2) is 44.4 Å². The molecule has 1 saturated heterocycles. The van der Waals surface area contributed by atoms with E-state index in [4.69, 9.17) is 9.97 Å². The molecule has 192 valence electrons. The predicted molar refractivity (Wildman–Crippen MR) is 148 cm³/mol. The molecule has 2 N–H and O–H groups in total. The predicted octanol–water partition coefficient (Wildman–Crippen LogP) is 6.96. The van der Waals surface area contributed by atoms with E-state index in [1.54, 1.807) is 0 Å². The molecule has 2 aliphatic rings. The Bertz CT molecular complexity index is 1380. The molecule has 1 aliphatic carbocycles. The Labute approximate surface area is 218 Å². The van der Waals surface area contributed by atoms with Crippen LogP contribution >= 0.6 is 11.8 Å². The third-order valence-corrected chi connectivity index (χ3v) is 7.83. The van der Waals surface area contributed by atoms with Crippen molar-refractivity contribution in [2.24, 2.45) is 11.8 Å². The lowest BCUT2D eigenvalue weighted by molar-refractivity contribution is 0.252. The quantitative estimate of drug-likeness (QED) is 0.272. The Morgan fingerprint density at radius 3 is 2.61 bits per heavy atom. The van der Waals surface area contributed by atoms with Gasteiger partial charge in [-0.1, -0.05) is 13.5 Å². The molecule has 4 heterocycles. The van der Waals surface area contributed by atoms with Crippen molar-refractivity contribution < 1.29 is 7.24 Å². The average Bonchev–Trinajstić information content (AvgIpc) is 3.40. The number of halogens is 1. The van der Waals surface area contributed by atoms with Crippen molar-refractivity contribution in [3.63, 3.8) is 0 Å². The summed E-state index contributed by atoms with van der Waals surface area (Å²) in [4.78, 5) is 17.6. The number of aryl methyl sites for hydroxylation is 2. The molecule has 3 aromatic heterocycles. The van der Waals surface area contributed by atoms with Gasteiger partial charge in [-0.05, 0) is 81.0 Å². The third-order valence-electron chi connectivity index (χ3n) is 6.97. The molecule has 2 unspecified atom stereocenters. The third kappa shape index (κ3) is 5.16. The summed E-state index contributed by atoms with van der Waals surface area (Å²) in [5, 5.41) is 12.3. The topological polar surface area (TPSA) is 82.6 Å². The number of hydrogen-bond acceptors (Lipinski definition) is 7. The van der Waals surface area contributed by atoms with Crippen LogP contribution in [0.3, 0.4) is 0 Å². The minimum Gasteiger partial charge on any atom is -0.356 e. The Balaban J connectivity index is 0.00000133. The first-order valence-electron chi connectivity index (χ1n) is 12.1. The zero-order valence-corrected chi connectivity index (χ0v) is 20.6. The van der Waals surface area contributed by atoms with Crippen LogP contribution in [0.1, 0.15) is 40.9 Å². The van der Waals surface area contributed by atoms with Gasteiger partial charge in [0.2, 0.25) is 0 Å². The summed E-state index contributed by atoms with van der Waals surface area (Å²) in [6, 6.07) is 14.3. The van der Waals surface area contributed by atoms with Crippen LogP contribution < -0.4 is 10.2 Å². The van der Waals surface area contributed by atoms with E-state index in [1.807, 2.05) is 38.1 Å². The number of nitrogens with zero attached hydrogens (tertiary/aromatic N) is 5. The molecule has 2 atom stereocenters. The van der Waals surface area contributed by atoms with Gasteiger partial charge in [-0.25, -0.2) is 14.4 Å². The van der Waals surface area contributed by atoms with Crippen molar-refractivity contribution in [3.05, 3.63) is 53.9 Å². The van der Waals surface area contributed by atoms with Crippen LogP contribution in [0, 0.1) is 25.7 Å². The smallest absolute Gasteiger partial charge is 0.196 e. The second-order valence-electron chi connectivity index (χ2n) is 9.70. The number of rotatable bonds is 6. The SMILES string of the molecule is C.Cc1ccc2cc(Sc3nc(Nc4cc(C)[nH]n4)cc(N4CC(C5CCC(F)C5)C4)n3)ccc2n1.[HH].[HH]. The highest BCUT2D eigenvalue weighted by molar-refractivity contribution is 7.99. The number of anilines is 3. The van der Waals surface area contributed by atoms with Crippen molar-refractivity contribution in [1.82, 2.24) is 25.1 Å². The molecule has 0 radical (unpaired) electrons. The molecule has 7 nitrogen and oxygen atoms in total. The molecule has 1 aromatic carbocycles. The van der Waals surface area contributed by atoms with E-state index in [0.29, 0.717) is 35.7 Å². The van der Waals surface area contributed by atoms with Crippen molar-refractivity contribution in [2.45, 2.75) is 56.8 Å². The van der Waals surface area contributed by atoms with E-state index in [2.05, 4.69) is 43.6 Å². The molecule has 2 fully saturated rings. The van der Waals surface area contributed by atoms with Crippen LogP contribution in [-0.2, 0) is 0 Å². The van der Waals surface area contributed by atoms with Gasteiger partial charge in [0.05, 0.1) is 5.52 Å². The minimum atomic E-state index is -0.620. The van der Waals surface area contributed by atoms with Crippen LogP contribution in [0.15, 0.2) is 52.5 Å². The number of aromatic nitrogens is 5. The van der Waals surface area contributed by atoms with E-state index < -0.39 is 6.17 Å². The highest BCUT2D eigenvalue weighted by Gasteiger charge is 2.38. The molecule has 0 spiro atoms. The summed E-state index contributed by atoms with van der Waals surface area (Å²) in [5.74, 6) is 3.35. The zero-order chi connectivity index (χ0) is 23.9. The van der Waals surface area contributed by atoms with Crippen molar-refractivity contribution in [3.8, 4) is 0 Å². The first-order valence-corrected chi connectivity index (χ1v) is 12.9. The number of pyridine rings is 1. The first-order chi connectivity index (χ1) is 17.0. The summed E-state index contributed by atoms with van der Waals surface area (Å²) >= 11 is 1.53. The van der Waals surface area contributed by atoms with Gasteiger partial charge in [0.25, 0.3) is 0 Å². The van der Waals surface area contributed by atoms with Gasteiger partial charge in [0, 0.05) is 49.7 Å².